The Kier molecular flexibility index (Phi) is 3.37. The van der Waals surface area contributed by atoms with Crippen LogP contribution in [0, 0.1) is 0 Å². The van der Waals surface area contributed by atoms with Crippen LogP contribution in [0.3, 0.4) is 0 Å². The number of ether oxygens (including phenoxy) is 1. The van der Waals surface area contributed by atoms with Crippen LogP contribution in [0.1, 0.15) is 23.5 Å². The van der Waals surface area contributed by atoms with Crippen molar-refractivity contribution in [3.63, 3.8) is 0 Å². The quantitative estimate of drug-likeness (QED) is 0.758. The topological polar surface area (TPSA) is 26.3 Å². The van der Waals surface area contributed by atoms with Gasteiger partial charge in [-0.15, -0.1) is 11.3 Å². The summed E-state index contributed by atoms with van der Waals surface area (Å²) in [4.78, 5) is 12.1. The van der Waals surface area contributed by atoms with E-state index >= 15 is 0 Å². The minimum Gasteiger partial charge on any atom is -0.452 e. The lowest BCUT2D eigenvalue weighted by molar-refractivity contribution is -0.144. The van der Waals surface area contributed by atoms with Crippen molar-refractivity contribution >= 4 is 17.3 Å². The molecular formula is C13H12O2S. The van der Waals surface area contributed by atoms with E-state index in [0.29, 0.717) is 0 Å². The molecule has 2 nitrogen and oxygen atoms in total. The largest absolute Gasteiger partial charge is 0.452 e. The zero-order valence-corrected chi connectivity index (χ0v) is 9.74. The van der Waals surface area contributed by atoms with Crippen LogP contribution in [0.25, 0.3) is 0 Å². The third kappa shape index (κ3) is 2.49. The van der Waals surface area contributed by atoms with E-state index in [4.69, 9.17) is 4.74 Å². The zero-order chi connectivity index (χ0) is 11.4. The average Bonchev–Trinajstić information content (AvgIpc) is 2.80. The van der Waals surface area contributed by atoms with Gasteiger partial charge in [0.1, 0.15) is 0 Å². The summed E-state index contributed by atoms with van der Waals surface area (Å²) in [5.41, 5.74) is 1.00. The maximum atomic E-state index is 11.1. The lowest BCUT2D eigenvalue weighted by Crippen LogP contribution is -2.08. The molecule has 1 heterocycles. The number of benzene rings is 1. The second-order valence-electron chi connectivity index (χ2n) is 3.42. The van der Waals surface area contributed by atoms with Crippen LogP contribution < -0.4 is 0 Å². The summed E-state index contributed by atoms with van der Waals surface area (Å²) >= 11 is 1.59. The van der Waals surface area contributed by atoms with Gasteiger partial charge in [-0.25, -0.2) is 0 Å². The second kappa shape index (κ2) is 4.94. The minimum absolute atomic E-state index is 0.262. The van der Waals surface area contributed by atoms with Gasteiger partial charge in [0.15, 0.2) is 6.10 Å². The first-order valence-electron chi connectivity index (χ1n) is 5.03. The summed E-state index contributed by atoms with van der Waals surface area (Å²) in [6.07, 6.45) is -0.279. The van der Waals surface area contributed by atoms with Gasteiger partial charge in [0.05, 0.1) is 0 Å². The van der Waals surface area contributed by atoms with Crippen LogP contribution >= 0.6 is 11.3 Å². The summed E-state index contributed by atoms with van der Waals surface area (Å²) in [6.45, 7) is 1.43. The van der Waals surface area contributed by atoms with Crippen LogP contribution in [0.5, 0.6) is 0 Å². The maximum Gasteiger partial charge on any atom is 0.303 e. The summed E-state index contributed by atoms with van der Waals surface area (Å²) in [5.74, 6) is -0.262. The SMILES string of the molecule is CC(=O)O[C@H](c1ccccc1)c1cccs1. The number of esters is 1. The van der Waals surface area contributed by atoms with Crippen molar-refractivity contribution in [3.05, 3.63) is 58.3 Å². The molecule has 0 spiro atoms. The van der Waals surface area contributed by atoms with Gasteiger partial charge in [0, 0.05) is 11.8 Å². The van der Waals surface area contributed by atoms with Crippen LogP contribution in [0.2, 0.25) is 0 Å². The Morgan fingerprint density at radius 1 is 1.19 bits per heavy atom. The Bertz CT molecular complexity index is 448. The van der Waals surface area contributed by atoms with Gasteiger partial charge in [0.2, 0.25) is 0 Å². The van der Waals surface area contributed by atoms with E-state index in [-0.39, 0.29) is 12.1 Å². The van der Waals surface area contributed by atoms with Gasteiger partial charge < -0.3 is 4.74 Å². The molecule has 3 heteroatoms. The van der Waals surface area contributed by atoms with E-state index in [1.54, 1.807) is 11.3 Å². The number of hydrogen-bond acceptors (Lipinski definition) is 3. The van der Waals surface area contributed by atoms with Gasteiger partial charge in [-0.1, -0.05) is 36.4 Å². The first-order valence-corrected chi connectivity index (χ1v) is 5.91. The standard InChI is InChI=1S/C13H12O2S/c1-10(14)15-13(12-8-5-9-16-12)11-6-3-2-4-7-11/h2-9,13H,1H3/t13-/m1/s1. The van der Waals surface area contributed by atoms with E-state index in [1.807, 2.05) is 47.8 Å². The highest BCUT2D eigenvalue weighted by atomic mass is 32.1. The van der Waals surface area contributed by atoms with Crippen molar-refractivity contribution in [3.8, 4) is 0 Å². The fraction of sp³-hybridized carbons (Fsp3) is 0.154. The molecule has 0 fully saturated rings. The number of hydrogen-bond donors (Lipinski definition) is 0. The lowest BCUT2D eigenvalue weighted by atomic mass is 10.1. The summed E-state index contributed by atoms with van der Waals surface area (Å²) < 4.78 is 5.35. The molecule has 0 N–H and O–H groups in total. The molecule has 0 aliphatic heterocycles. The fourth-order valence-corrected chi connectivity index (χ4v) is 2.30. The second-order valence-corrected chi connectivity index (χ2v) is 4.39. The maximum absolute atomic E-state index is 11.1. The predicted molar refractivity (Wildman–Crippen MR) is 64.4 cm³/mol. The highest BCUT2D eigenvalue weighted by Gasteiger charge is 2.17. The smallest absolute Gasteiger partial charge is 0.303 e. The third-order valence-corrected chi connectivity index (χ3v) is 3.10. The molecule has 0 unspecified atom stereocenters. The molecule has 0 radical (unpaired) electrons. The molecule has 16 heavy (non-hydrogen) atoms. The molecule has 0 aliphatic rings. The molecule has 1 atom stereocenters. The van der Waals surface area contributed by atoms with Crippen LogP contribution in [0.4, 0.5) is 0 Å². The highest BCUT2D eigenvalue weighted by molar-refractivity contribution is 7.10. The average molecular weight is 232 g/mol. The Labute approximate surface area is 98.5 Å². The van der Waals surface area contributed by atoms with E-state index in [9.17, 15) is 4.79 Å². The molecule has 82 valence electrons. The minimum atomic E-state index is -0.279. The molecule has 2 aromatic rings. The van der Waals surface area contributed by atoms with Crippen molar-refractivity contribution in [2.24, 2.45) is 0 Å². The Morgan fingerprint density at radius 2 is 1.94 bits per heavy atom. The first-order chi connectivity index (χ1) is 7.77. The molecule has 0 saturated carbocycles. The van der Waals surface area contributed by atoms with Gasteiger partial charge in [0.25, 0.3) is 0 Å². The van der Waals surface area contributed by atoms with Crippen molar-refractivity contribution in [1.82, 2.24) is 0 Å². The van der Waals surface area contributed by atoms with Crippen LogP contribution in [-0.4, -0.2) is 5.97 Å². The van der Waals surface area contributed by atoms with Gasteiger partial charge in [-0.2, -0.15) is 0 Å². The highest BCUT2D eigenvalue weighted by Crippen LogP contribution is 2.29. The number of carbonyl (C=O) groups is 1. The Morgan fingerprint density at radius 3 is 2.50 bits per heavy atom. The number of rotatable bonds is 3. The van der Waals surface area contributed by atoms with Crippen molar-refractivity contribution in [2.75, 3.05) is 0 Å². The molecule has 1 aromatic heterocycles. The van der Waals surface area contributed by atoms with Gasteiger partial charge >= 0.3 is 5.97 Å². The van der Waals surface area contributed by atoms with Crippen molar-refractivity contribution in [2.45, 2.75) is 13.0 Å². The third-order valence-electron chi connectivity index (χ3n) is 2.19. The molecular weight excluding hydrogens is 220 g/mol. The predicted octanol–water partition coefficient (Wildman–Crippen LogP) is 3.40. The van der Waals surface area contributed by atoms with Crippen LogP contribution in [-0.2, 0) is 9.53 Å². The molecule has 0 bridgehead atoms. The lowest BCUT2D eigenvalue weighted by Gasteiger charge is -2.15. The molecule has 0 aliphatic carbocycles. The zero-order valence-electron chi connectivity index (χ0n) is 8.92. The Hall–Kier alpha value is -1.61. The summed E-state index contributed by atoms with van der Waals surface area (Å²) in [5, 5.41) is 1.98. The van der Waals surface area contributed by atoms with Crippen molar-refractivity contribution in [1.29, 1.82) is 0 Å². The number of carbonyl (C=O) groups excluding carboxylic acids is 1. The number of thiophene rings is 1. The van der Waals surface area contributed by atoms with Crippen molar-refractivity contribution < 1.29 is 9.53 Å². The monoisotopic (exact) mass is 232 g/mol. The summed E-state index contributed by atoms with van der Waals surface area (Å²) in [6, 6.07) is 13.7. The fourth-order valence-electron chi connectivity index (χ4n) is 1.52. The molecule has 0 amide bonds. The van der Waals surface area contributed by atoms with E-state index in [2.05, 4.69) is 0 Å². The van der Waals surface area contributed by atoms with E-state index in [0.717, 1.165) is 10.4 Å². The summed E-state index contributed by atoms with van der Waals surface area (Å²) in [7, 11) is 0. The molecule has 0 saturated heterocycles. The van der Waals surface area contributed by atoms with Gasteiger partial charge in [-0.05, 0) is 17.0 Å². The molecule has 2 rings (SSSR count). The normalized spacial score (nSPS) is 12.1. The first kappa shape index (κ1) is 10.9. The Balaban J connectivity index is 2.32. The van der Waals surface area contributed by atoms with Crippen LogP contribution in [0.15, 0.2) is 47.8 Å². The van der Waals surface area contributed by atoms with E-state index in [1.165, 1.54) is 6.92 Å². The molecule has 1 aromatic carbocycles. The van der Waals surface area contributed by atoms with E-state index < -0.39 is 0 Å². The van der Waals surface area contributed by atoms with Gasteiger partial charge in [-0.3, -0.25) is 4.79 Å².